The van der Waals surface area contributed by atoms with Crippen molar-refractivity contribution < 1.29 is 0 Å². The lowest BCUT2D eigenvalue weighted by Crippen LogP contribution is -2.67. The molecule has 0 amide bonds. The summed E-state index contributed by atoms with van der Waals surface area (Å²) in [6.45, 7) is 37.9. The van der Waals surface area contributed by atoms with Crippen LogP contribution in [0.5, 0.6) is 0 Å². The molecule has 10 heteroatoms. The molecule has 0 unspecified atom stereocenters. The Labute approximate surface area is 318 Å². The first-order valence-electron chi connectivity index (χ1n) is 20.2. The number of nitrogens with one attached hydrogen (secondary N) is 5. The molecule has 0 saturated carbocycles. The Morgan fingerprint density at radius 3 is 0.923 bits per heavy atom. The third-order valence-electron chi connectivity index (χ3n) is 11.7. The van der Waals surface area contributed by atoms with Crippen LogP contribution in [0.3, 0.4) is 0 Å². The Morgan fingerprint density at radius 1 is 0.481 bits per heavy atom. The summed E-state index contributed by atoms with van der Waals surface area (Å²) in [7, 11) is 0. The third kappa shape index (κ3) is 10.1. The summed E-state index contributed by atoms with van der Waals surface area (Å²) in [5.41, 5.74) is -0.384. The van der Waals surface area contributed by atoms with E-state index < -0.39 is 0 Å². The van der Waals surface area contributed by atoms with E-state index in [0.29, 0.717) is 12.5 Å². The van der Waals surface area contributed by atoms with Crippen molar-refractivity contribution in [1.82, 2.24) is 36.2 Å². The van der Waals surface area contributed by atoms with Crippen LogP contribution in [0, 0.1) is 12.3 Å². The minimum atomic E-state index is -0.0480. The average molecular weight is 721 g/mol. The molecular weight excluding hydrogens is 645 g/mol. The summed E-state index contributed by atoms with van der Waals surface area (Å²) in [6, 6.07) is 0.939. The van der Waals surface area contributed by atoms with Crippen LogP contribution < -0.4 is 36.4 Å². The summed E-state index contributed by atoms with van der Waals surface area (Å²) in [4.78, 5) is 21.6. The fraction of sp³-hybridized carbons (Fsp3) is 0.881. The smallest absolute Gasteiger partial charge is 0.232 e. The maximum absolute atomic E-state index is 5.85. The van der Waals surface area contributed by atoms with Gasteiger partial charge in [-0.15, -0.1) is 6.42 Å². The summed E-state index contributed by atoms with van der Waals surface area (Å²) in [6.07, 6.45) is 13.8. The molecule has 1 aromatic heterocycles. The summed E-state index contributed by atoms with van der Waals surface area (Å²) in [5, 5.41) is 19.2. The van der Waals surface area contributed by atoms with E-state index in [9.17, 15) is 0 Å². The molecule has 10 nitrogen and oxygen atoms in total. The molecule has 0 spiro atoms. The van der Waals surface area contributed by atoms with Crippen molar-refractivity contribution in [2.24, 2.45) is 0 Å². The van der Waals surface area contributed by atoms with Gasteiger partial charge in [0.1, 0.15) is 0 Å². The fourth-order valence-corrected chi connectivity index (χ4v) is 11.9. The molecule has 4 aliphatic rings. The van der Waals surface area contributed by atoms with Gasteiger partial charge in [0.15, 0.2) is 0 Å². The van der Waals surface area contributed by atoms with Gasteiger partial charge >= 0.3 is 0 Å². The number of hydrogen-bond acceptors (Lipinski definition) is 10. The zero-order valence-electron chi connectivity index (χ0n) is 36.0. The van der Waals surface area contributed by atoms with Gasteiger partial charge in [0.2, 0.25) is 17.8 Å². The highest BCUT2D eigenvalue weighted by molar-refractivity contribution is 5.49. The van der Waals surface area contributed by atoms with Crippen molar-refractivity contribution in [3.63, 3.8) is 0 Å². The van der Waals surface area contributed by atoms with Gasteiger partial charge in [0, 0.05) is 68.5 Å². The van der Waals surface area contributed by atoms with Gasteiger partial charge in [-0.05, 0) is 162 Å². The van der Waals surface area contributed by atoms with Gasteiger partial charge in [-0.1, -0.05) is 5.92 Å². The highest BCUT2D eigenvalue weighted by Gasteiger charge is 2.49. The van der Waals surface area contributed by atoms with Gasteiger partial charge in [0.25, 0.3) is 0 Å². The molecule has 4 saturated heterocycles. The Balaban J connectivity index is 1.73. The minimum Gasteiger partial charge on any atom is -0.343 e. The maximum Gasteiger partial charge on any atom is 0.232 e. The zero-order chi connectivity index (χ0) is 38.9. The summed E-state index contributed by atoms with van der Waals surface area (Å²) < 4.78 is 0. The molecule has 0 aliphatic carbocycles. The molecule has 1 aromatic rings. The lowest BCUT2D eigenvalue weighted by Gasteiger charge is -2.56. The number of nitrogens with zero attached hydrogens (tertiary/aromatic N) is 5. The van der Waals surface area contributed by atoms with Crippen molar-refractivity contribution in [2.45, 2.75) is 231 Å². The van der Waals surface area contributed by atoms with Gasteiger partial charge in [-0.2, -0.15) is 15.0 Å². The number of aromatic nitrogens is 3. The van der Waals surface area contributed by atoms with Crippen LogP contribution in [-0.4, -0.2) is 90.0 Å². The molecule has 0 aromatic carbocycles. The molecule has 0 radical (unpaired) electrons. The topological polar surface area (TPSA) is 105 Å². The lowest BCUT2D eigenvalue weighted by atomic mass is 9.75. The molecule has 52 heavy (non-hydrogen) atoms. The van der Waals surface area contributed by atoms with Crippen LogP contribution in [0.4, 0.5) is 17.8 Å². The Kier molecular flexibility index (Phi) is 10.7. The molecule has 294 valence electrons. The highest BCUT2D eigenvalue weighted by atomic mass is 15.4. The van der Waals surface area contributed by atoms with E-state index in [1.807, 2.05) is 0 Å². The van der Waals surface area contributed by atoms with Crippen molar-refractivity contribution in [3.05, 3.63) is 0 Å². The van der Waals surface area contributed by atoms with E-state index in [-0.39, 0.29) is 68.5 Å². The lowest BCUT2D eigenvalue weighted by molar-refractivity contribution is 0.122. The molecule has 0 atom stereocenters. The number of rotatable bonds is 8. The molecule has 4 fully saturated rings. The van der Waals surface area contributed by atoms with Crippen molar-refractivity contribution in [1.29, 1.82) is 0 Å². The first kappa shape index (κ1) is 41.0. The van der Waals surface area contributed by atoms with Gasteiger partial charge in [-0.3, -0.25) is 0 Å². The van der Waals surface area contributed by atoms with Crippen LogP contribution in [0.2, 0.25) is 0 Å². The quantitative estimate of drug-likeness (QED) is 0.185. The number of anilines is 3. The van der Waals surface area contributed by atoms with Crippen LogP contribution >= 0.6 is 0 Å². The highest BCUT2D eigenvalue weighted by Crippen LogP contribution is 2.43. The second kappa shape index (κ2) is 13.5. The van der Waals surface area contributed by atoms with E-state index in [1.165, 1.54) is 0 Å². The summed E-state index contributed by atoms with van der Waals surface area (Å²) in [5.74, 6) is 4.88. The molecule has 5 N–H and O–H groups in total. The Hall–Kier alpha value is -2.19. The van der Waals surface area contributed by atoms with Crippen LogP contribution in [0.1, 0.15) is 162 Å². The van der Waals surface area contributed by atoms with Crippen molar-refractivity contribution in [3.8, 4) is 12.3 Å². The number of terminal acetylenes is 1. The van der Waals surface area contributed by atoms with Crippen molar-refractivity contribution >= 4 is 17.8 Å². The SMILES string of the molecule is C#CCNc1nc(N(C2CC(C)(C)NC(C)(C)C2)C2CC(C)(C)NC(C)(C)C2)nc(N(C2CC(C)(C)NC(C)(C)C2)C2CC(C)(C)NC(C)(C)C2)n1. The van der Waals surface area contributed by atoms with Gasteiger partial charge in [0.05, 0.1) is 6.54 Å². The molecule has 5 rings (SSSR count). The van der Waals surface area contributed by atoms with E-state index in [4.69, 9.17) is 21.4 Å². The fourth-order valence-electron chi connectivity index (χ4n) is 11.9. The third-order valence-corrected chi connectivity index (χ3v) is 11.7. The van der Waals surface area contributed by atoms with Gasteiger partial charge < -0.3 is 36.4 Å². The van der Waals surface area contributed by atoms with E-state index in [0.717, 1.165) is 63.3 Å². The minimum absolute atomic E-state index is 0.0480. The second-order valence-corrected chi connectivity index (χ2v) is 22.5. The van der Waals surface area contributed by atoms with E-state index >= 15 is 0 Å². The standard InChI is InChI=1S/C42H76N10/c1-18-19-43-32-44-33(51(28-20-35(2,3)47-36(4,5)21-28)29-22-37(6,7)48-38(8,9)23-29)46-34(45-32)52(30-24-39(10,11)49-40(12,13)25-30)31-26-41(14,15)50-42(16,17)27-31/h1,28-31,47-50H,19-27H2,2-17H3,(H,43,44,45,46). The second-order valence-electron chi connectivity index (χ2n) is 22.5. The van der Waals surface area contributed by atoms with Crippen LogP contribution in [0.15, 0.2) is 0 Å². The average Bonchev–Trinajstić information content (AvgIpc) is 2.85. The predicted octanol–water partition coefficient (Wildman–Crippen LogP) is 6.77. The number of hydrogen-bond donors (Lipinski definition) is 5. The Morgan fingerprint density at radius 2 is 0.712 bits per heavy atom. The van der Waals surface area contributed by atoms with E-state index in [2.05, 4.69) is 153 Å². The zero-order valence-corrected chi connectivity index (χ0v) is 36.0. The first-order valence-corrected chi connectivity index (χ1v) is 20.2. The first-order chi connectivity index (χ1) is 23.5. The summed E-state index contributed by atoms with van der Waals surface area (Å²) >= 11 is 0. The molecule has 0 bridgehead atoms. The monoisotopic (exact) mass is 721 g/mol. The largest absolute Gasteiger partial charge is 0.343 e. The molecular formula is C42H76N10. The van der Waals surface area contributed by atoms with Crippen molar-refractivity contribution in [2.75, 3.05) is 21.7 Å². The normalized spacial score (nSPS) is 28.1. The van der Waals surface area contributed by atoms with Gasteiger partial charge in [-0.25, -0.2) is 0 Å². The number of piperidine rings is 4. The maximum atomic E-state index is 5.85. The molecule has 4 aliphatic heterocycles. The van der Waals surface area contributed by atoms with Crippen LogP contribution in [0.25, 0.3) is 0 Å². The Bertz CT molecular complexity index is 1240. The molecule has 5 heterocycles. The van der Waals surface area contributed by atoms with E-state index in [1.54, 1.807) is 0 Å². The predicted molar refractivity (Wildman–Crippen MR) is 219 cm³/mol. The van der Waals surface area contributed by atoms with Crippen LogP contribution in [-0.2, 0) is 0 Å².